The van der Waals surface area contributed by atoms with Gasteiger partial charge in [0.05, 0.1) is 19.3 Å². The number of amides is 1. The molecule has 2 heterocycles. The first-order chi connectivity index (χ1) is 14.7. The van der Waals surface area contributed by atoms with Crippen molar-refractivity contribution in [2.75, 3.05) is 32.8 Å². The number of nitrogens with one attached hydrogen (secondary N) is 1. The molecule has 0 radical (unpaired) electrons. The Morgan fingerprint density at radius 2 is 1.93 bits per heavy atom. The average Bonchev–Trinajstić information content (AvgIpc) is 2.99. The van der Waals surface area contributed by atoms with Gasteiger partial charge in [-0.1, -0.05) is 30.3 Å². The van der Waals surface area contributed by atoms with Crippen LogP contribution in [0.2, 0.25) is 0 Å². The molecule has 1 amide bonds. The summed E-state index contributed by atoms with van der Waals surface area (Å²) in [7, 11) is 0. The highest BCUT2D eigenvalue weighted by Crippen LogP contribution is 2.39. The van der Waals surface area contributed by atoms with Crippen molar-refractivity contribution < 1.29 is 14.6 Å². The van der Waals surface area contributed by atoms with E-state index in [4.69, 9.17) is 4.74 Å². The van der Waals surface area contributed by atoms with Crippen molar-refractivity contribution >= 4 is 5.91 Å². The fourth-order valence-corrected chi connectivity index (χ4v) is 4.82. The molecule has 1 aliphatic heterocycles. The number of morpholine rings is 1. The van der Waals surface area contributed by atoms with E-state index in [1.54, 1.807) is 12.3 Å². The van der Waals surface area contributed by atoms with E-state index >= 15 is 0 Å². The molecule has 1 saturated carbocycles. The zero-order valence-electron chi connectivity index (χ0n) is 17.2. The first kappa shape index (κ1) is 20.9. The van der Waals surface area contributed by atoms with E-state index in [0.29, 0.717) is 18.7 Å². The van der Waals surface area contributed by atoms with Gasteiger partial charge in [-0.05, 0) is 37.3 Å². The predicted octanol–water partition coefficient (Wildman–Crippen LogP) is 1.78. The van der Waals surface area contributed by atoms with Crippen LogP contribution in [-0.2, 0) is 10.2 Å². The third-order valence-electron chi connectivity index (χ3n) is 6.58. The van der Waals surface area contributed by atoms with Gasteiger partial charge < -0.3 is 15.2 Å². The number of aliphatic hydroxyl groups excluding tert-OH is 1. The van der Waals surface area contributed by atoms with E-state index in [2.05, 4.69) is 32.3 Å². The molecule has 7 heteroatoms. The standard InChI is InChI=1S/C23H30N4O3/c28-21-7-10-23(18-4-2-1-3-5-18,9-6-20(21)27-12-14-30-15-13-27)16-25-22(29)19-8-11-24-17-26-19/h1-5,8,11,17,20-21,28H,6-7,9-10,12-16H2,(H,25,29)/t20-,21-,23+/m0/s1. The Morgan fingerprint density at radius 3 is 2.67 bits per heavy atom. The van der Waals surface area contributed by atoms with Gasteiger partial charge in [-0.2, -0.15) is 0 Å². The third-order valence-corrected chi connectivity index (χ3v) is 6.58. The number of carbonyl (C=O) groups excluding carboxylic acids is 1. The monoisotopic (exact) mass is 410 g/mol. The van der Waals surface area contributed by atoms with Crippen LogP contribution in [0, 0.1) is 0 Å². The van der Waals surface area contributed by atoms with E-state index in [9.17, 15) is 9.90 Å². The Kier molecular flexibility index (Phi) is 6.72. The molecule has 1 aromatic heterocycles. The summed E-state index contributed by atoms with van der Waals surface area (Å²) in [5.74, 6) is -0.192. The highest BCUT2D eigenvalue weighted by atomic mass is 16.5. The molecule has 2 fully saturated rings. The molecule has 0 spiro atoms. The summed E-state index contributed by atoms with van der Waals surface area (Å²) >= 11 is 0. The molecule has 2 aromatic rings. The maximum Gasteiger partial charge on any atom is 0.270 e. The maximum atomic E-state index is 12.6. The molecule has 2 N–H and O–H groups in total. The smallest absolute Gasteiger partial charge is 0.270 e. The number of hydrogen-bond acceptors (Lipinski definition) is 6. The second kappa shape index (κ2) is 9.64. The van der Waals surface area contributed by atoms with Crippen LogP contribution < -0.4 is 5.32 Å². The first-order valence-corrected chi connectivity index (χ1v) is 10.8. The van der Waals surface area contributed by atoms with Gasteiger partial charge in [-0.15, -0.1) is 0 Å². The zero-order chi connectivity index (χ0) is 20.8. The minimum atomic E-state index is -0.369. The van der Waals surface area contributed by atoms with E-state index in [1.807, 2.05) is 18.2 Å². The van der Waals surface area contributed by atoms with Crippen LogP contribution >= 0.6 is 0 Å². The lowest BCUT2D eigenvalue weighted by Gasteiger charge is -2.37. The molecule has 2 aliphatic rings. The summed E-state index contributed by atoms with van der Waals surface area (Å²) in [6, 6.07) is 12.1. The fourth-order valence-electron chi connectivity index (χ4n) is 4.82. The molecule has 4 rings (SSSR count). The lowest BCUT2D eigenvalue weighted by atomic mass is 9.74. The van der Waals surface area contributed by atoms with Gasteiger partial charge >= 0.3 is 0 Å². The summed E-state index contributed by atoms with van der Waals surface area (Å²) in [5.41, 5.74) is 1.36. The van der Waals surface area contributed by atoms with Crippen molar-refractivity contribution in [3.05, 3.63) is 60.2 Å². The van der Waals surface area contributed by atoms with Crippen molar-refractivity contribution in [2.45, 2.75) is 43.2 Å². The normalized spacial score (nSPS) is 27.9. The van der Waals surface area contributed by atoms with E-state index in [1.165, 1.54) is 11.9 Å². The van der Waals surface area contributed by atoms with Crippen LogP contribution in [0.15, 0.2) is 48.9 Å². The van der Waals surface area contributed by atoms with E-state index in [0.717, 1.165) is 45.6 Å². The Morgan fingerprint density at radius 1 is 1.17 bits per heavy atom. The van der Waals surface area contributed by atoms with E-state index in [-0.39, 0.29) is 23.5 Å². The van der Waals surface area contributed by atoms with E-state index < -0.39 is 0 Å². The van der Waals surface area contributed by atoms with Crippen molar-refractivity contribution in [1.29, 1.82) is 0 Å². The molecule has 0 bridgehead atoms. The number of rotatable bonds is 5. The SMILES string of the molecule is O=C(NC[C@]1(c2ccccc2)CC[C@H](O)[C@@H](N2CCOCC2)CC1)c1ccncn1. The molecular formula is C23H30N4O3. The minimum Gasteiger partial charge on any atom is -0.391 e. The molecule has 160 valence electrons. The van der Waals surface area contributed by atoms with Crippen LogP contribution in [0.1, 0.15) is 41.7 Å². The van der Waals surface area contributed by atoms with Gasteiger partial charge in [0.15, 0.2) is 0 Å². The van der Waals surface area contributed by atoms with Crippen LogP contribution in [0.5, 0.6) is 0 Å². The molecule has 30 heavy (non-hydrogen) atoms. The first-order valence-electron chi connectivity index (χ1n) is 10.8. The molecule has 0 unspecified atom stereocenters. The minimum absolute atomic E-state index is 0.136. The second-order valence-corrected chi connectivity index (χ2v) is 8.28. The number of aliphatic hydroxyl groups is 1. The number of ether oxygens (including phenoxy) is 1. The van der Waals surface area contributed by atoms with Crippen LogP contribution in [0.4, 0.5) is 0 Å². The lowest BCUT2D eigenvalue weighted by Crippen LogP contribution is -2.48. The maximum absolute atomic E-state index is 12.6. The Labute approximate surface area is 177 Å². The van der Waals surface area contributed by atoms with Gasteiger partial charge in [0.1, 0.15) is 12.0 Å². The lowest BCUT2D eigenvalue weighted by molar-refractivity contribution is -0.0236. The number of aromatic nitrogens is 2. The summed E-state index contributed by atoms with van der Waals surface area (Å²) < 4.78 is 5.49. The largest absolute Gasteiger partial charge is 0.391 e. The Balaban J connectivity index is 1.53. The van der Waals surface area contributed by atoms with Gasteiger partial charge in [0.25, 0.3) is 5.91 Å². The molecule has 3 atom stereocenters. The summed E-state index contributed by atoms with van der Waals surface area (Å²) in [6.45, 7) is 3.70. The molecule has 1 aromatic carbocycles. The highest BCUT2D eigenvalue weighted by Gasteiger charge is 2.40. The number of benzene rings is 1. The van der Waals surface area contributed by atoms with Gasteiger partial charge in [-0.25, -0.2) is 9.97 Å². The quantitative estimate of drug-likeness (QED) is 0.731. The molecular weight excluding hydrogens is 380 g/mol. The third kappa shape index (κ3) is 4.69. The molecule has 1 saturated heterocycles. The zero-order valence-corrected chi connectivity index (χ0v) is 17.2. The Bertz CT molecular complexity index is 814. The summed E-state index contributed by atoms with van der Waals surface area (Å²) in [5, 5.41) is 14.0. The fraction of sp³-hybridized carbons (Fsp3) is 0.522. The van der Waals surface area contributed by atoms with Crippen molar-refractivity contribution in [3.63, 3.8) is 0 Å². The van der Waals surface area contributed by atoms with Crippen molar-refractivity contribution in [2.24, 2.45) is 0 Å². The Hall–Kier alpha value is -2.35. The second-order valence-electron chi connectivity index (χ2n) is 8.28. The highest BCUT2D eigenvalue weighted by molar-refractivity contribution is 5.92. The molecule has 1 aliphatic carbocycles. The van der Waals surface area contributed by atoms with Crippen LogP contribution in [0.3, 0.4) is 0 Å². The summed E-state index contributed by atoms with van der Waals surface area (Å²) in [4.78, 5) is 23.0. The summed E-state index contributed by atoms with van der Waals surface area (Å²) in [6.07, 6.45) is 5.91. The van der Waals surface area contributed by atoms with Gasteiger partial charge in [-0.3, -0.25) is 9.69 Å². The number of hydrogen-bond donors (Lipinski definition) is 2. The van der Waals surface area contributed by atoms with Crippen molar-refractivity contribution in [1.82, 2.24) is 20.2 Å². The number of nitrogens with zero attached hydrogens (tertiary/aromatic N) is 3. The number of carbonyl (C=O) groups is 1. The van der Waals surface area contributed by atoms with Crippen LogP contribution in [-0.4, -0.2) is 70.9 Å². The molecule has 7 nitrogen and oxygen atoms in total. The topological polar surface area (TPSA) is 87.6 Å². The van der Waals surface area contributed by atoms with Crippen molar-refractivity contribution in [3.8, 4) is 0 Å². The van der Waals surface area contributed by atoms with Gasteiger partial charge in [0.2, 0.25) is 0 Å². The van der Waals surface area contributed by atoms with Gasteiger partial charge in [0, 0.05) is 37.3 Å². The average molecular weight is 411 g/mol. The predicted molar refractivity (Wildman–Crippen MR) is 113 cm³/mol. The van der Waals surface area contributed by atoms with Crippen LogP contribution in [0.25, 0.3) is 0 Å².